The summed E-state index contributed by atoms with van der Waals surface area (Å²) < 4.78 is 5.16. The van der Waals surface area contributed by atoms with Crippen molar-refractivity contribution in [2.75, 3.05) is 6.61 Å². The van der Waals surface area contributed by atoms with E-state index in [0.717, 1.165) is 31.4 Å². The third-order valence-electron chi connectivity index (χ3n) is 2.42. The molecular formula is C12H19NO2S. The van der Waals surface area contributed by atoms with Crippen LogP contribution in [0.15, 0.2) is 5.51 Å². The van der Waals surface area contributed by atoms with Gasteiger partial charge in [0, 0.05) is 17.7 Å². The first kappa shape index (κ1) is 13.2. The van der Waals surface area contributed by atoms with Crippen LogP contribution in [0.3, 0.4) is 0 Å². The predicted molar refractivity (Wildman–Crippen MR) is 65.7 cm³/mol. The van der Waals surface area contributed by atoms with Gasteiger partial charge in [-0.3, -0.25) is 4.79 Å². The lowest BCUT2D eigenvalue weighted by atomic mass is 10.2. The zero-order valence-corrected chi connectivity index (χ0v) is 10.8. The second-order valence-electron chi connectivity index (χ2n) is 3.79. The molecule has 0 fully saturated rings. The van der Waals surface area contributed by atoms with Gasteiger partial charge in [0.05, 0.1) is 17.8 Å². The smallest absolute Gasteiger partial charge is 0.305 e. The SMILES string of the molecule is CCCCCC(=O)OCCc1scnc1C. The Labute approximate surface area is 101 Å². The monoisotopic (exact) mass is 241 g/mol. The largest absolute Gasteiger partial charge is 0.465 e. The Morgan fingerprint density at radius 1 is 1.50 bits per heavy atom. The molecule has 16 heavy (non-hydrogen) atoms. The summed E-state index contributed by atoms with van der Waals surface area (Å²) in [6, 6.07) is 0. The van der Waals surface area contributed by atoms with Gasteiger partial charge in [0.2, 0.25) is 0 Å². The van der Waals surface area contributed by atoms with Crippen LogP contribution in [0.1, 0.15) is 43.2 Å². The first-order valence-electron chi connectivity index (χ1n) is 5.78. The van der Waals surface area contributed by atoms with E-state index in [4.69, 9.17) is 4.74 Å². The normalized spacial score (nSPS) is 10.4. The van der Waals surface area contributed by atoms with E-state index in [1.165, 1.54) is 4.88 Å². The van der Waals surface area contributed by atoms with Crippen molar-refractivity contribution in [2.45, 2.75) is 46.0 Å². The van der Waals surface area contributed by atoms with E-state index >= 15 is 0 Å². The Morgan fingerprint density at radius 3 is 2.94 bits per heavy atom. The van der Waals surface area contributed by atoms with Gasteiger partial charge >= 0.3 is 5.97 Å². The quantitative estimate of drug-likeness (QED) is 0.544. The molecule has 0 N–H and O–H groups in total. The van der Waals surface area contributed by atoms with Gasteiger partial charge in [0.1, 0.15) is 0 Å². The van der Waals surface area contributed by atoms with Crippen molar-refractivity contribution < 1.29 is 9.53 Å². The number of aromatic nitrogens is 1. The molecule has 0 atom stereocenters. The van der Waals surface area contributed by atoms with Crippen LogP contribution in [-0.4, -0.2) is 17.6 Å². The van der Waals surface area contributed by atoms with Gasteiger partial charge in [0.25, 0.3) is 0 Å². The molecule has 3 nitrogen and oxygen atoms in total. The summed E-state index contributed by atoms with van der Waals surface area (Å²) in [7, 11) is 0. The molecule has 0 saturated carbocycles. The van der Waals surface area contributed by atoms with E-state index in [1.807, 2.05) is 12.4 Å². The number of hydrogen-bond acceptors (Lipinski definition) is 4. The van der Waals surface area contributed by atoms with E-state index in [9.17, 15) is 4.79 Å². The molecule has 90 valence electrons. The molecule has 1 rings (SSSR count). The molecule has 1 heterocycles. The lowest BCUT2D eigenvalue weighted by Gasteiger charge is -2.03. The van der Waals surface area contributed by atoms with Gasteiger partial charge in [-0.2, -0.15) is 0 Å². The third kappa shape index (κ3) is 4.75. The third-order valence-corrected chi connectivity index (χ3v) is 3.42. The molecule has 0 unspecified atom stereocenters. The highest BCUT2D eigenvalue weighted by Gasteiger charge is 2.04. The molecular weight excluding hydrogens is 222 g/mol. The maximum Gasteiger partial charge on any atom is 0.305 e. The van der Waals surface area contributed by atoms with Crippen LogP contribution in [0.2, 0.25) is 0 Å². The fraction of sp³-hybridized carbons (Fsp3) is 0.667. The summed E-state index contributed by atoms with van der Waals surface area (Å²) in [6.45, 7) is 4.58. The highest BCUT2D eigenvalue weighted by molar-refractivity contribution is 7.09. The molecule has 0 aliphatic carbocycles. The van der Waals surface area contributed by atoms with E-state index < -0.39 is 0 Å². The van der Waals surface area contributed by atoms with Crippen LogP contribution < -0.4 is 0 Å². The molecule has 0 saturated heterocycles. The molecule has 4 heteroatoms. The molecule has 0 aliphatic heterocycles. The maximum absolute atomic E-state index is 11.3. The number of unbranched alkanes of at least 4 members (excludes halogenated alkanes) is 2. The summed E-state index contributed by atoms with van der Waals surface area (Å²) in [5, 5.41) is 0. The standard InChI is InChI=1S/C12H19NO2S/c1-3-4-5-6-12(14)15-8-7-11-10(2)13-9-16-11/h9H,3-8H2,1-2H3. The van der Waals surface area contributed by atoms with Crippen LogP contribution in [0, 0.1) is 6.92 Å². The number of nitrogens with zero attached hydrogens (tertiary/aromatic N) is 1. The minimum atomic E-state index is -0.0735. The van der Waals surface area contributed by atoms with Crippen LogP contribution in [0.5, 0.6) is 0 Å². The van der Waals surface area contributed by atoms with Gasteiger partial charge in [-0.1, -0.05) is 19.8 Å². The van der Waals surface area contributed by atoms with Crippen LogP contribution in [-0.2, 0) is 16.0 Å². The highest BCUT2D eigenvalue weighted by atomic mass is 32.1. The fourth-order valence-corrected chi connectivity index (χ4v) is 2.18. The van der Waals surface area contributed by atoms with Crippen LogP contribution >= 0.6 is 11.3 Å². The summed E-state index contributed by atoms with van der Waals surface area (Å²) in [5.41, 5.74) is 2.88. The van der Waals surface area contributed by atoms with Gasteiger partial charge in [0.15, 0.2) is 0 Å². The van der Waals surface area contributed by atoms with Crippen molar-refractivity contribution in [3.63, 3.8) is 0 Å². The fourth-order valence-electron chi connectivity index (χ4n) is 1.42. The maximum atomic E-state index is 11.3. The minimum absolute atomic E-state index is 0.0735. The van der Waals surface area contributed by atoms with Crippen molar-refractivity contribution in [3.05, 3.63) is 16.1 Å². The number of esters is 1. The van der Waals surface area contributed by atoms with Crippen LogP contribution in [0.4, 0.5) is 0 Å². The van der Waals surface area contributed by atoms with E-state index in [0.29, 0.717) is 13.0 Å². The Bertz CT molecular complexity index is 323. The first-order chi connectivity index (χ1) is 7.74. The lowest BCUT2D eigenvalue weighted by molar-refractivity contribution is -0.143. The summed E-state index contributed by atoms with van der Waals surface area (Å²) in [6.07, 6.45) is 4.51. The predicted octanol–water partition coefficient (Wildman–Crippen LogP) is 3.12. The van der Waals surface area contributed by atoms with Gasteiger partial charge in [-0.25, -0.2) is 4.98 Å². The van der Waals surface area contributed by atoms with E-state index in [1.54, 1.807) is 11.3 Å². The first-order valence-corrected chi connectivity index (χ1v) is 6.66. The average Bonchev–Trinajstić information content (AvgIpc) is 2.65. The molecule has 1 aromatic rings. The summed E-state index contributed by atoms with van der Waals surface area (Å²) >= 11 is 1.62. The minimum Gasteiger partial charge on any atom is -0.465 e. The van der Waals surface area contributed by atoms with Crippen molar-refractivity contribution in [3.8, 4) is 0 Å². The number of hydrogen-bond donors (Lipinski definition) is 0. The Morgan fingerprint density at radius 2 is 2.31 bits per heavy atom. The lowest BCUT2D eigenvalue weighted by Crippen LogP contribution is -2.07. The number of carbonyl (C=O) groups excluding carboxylic acids is 1. The van der Waals surface area contributed by atoms with Gasteiger partial charge in [-0.15, -0.1) is 11.3 Å². The zero-order valence-electron chi connectivity index (χ0n) is 9.99. The average molecular weight is 241 g/mol. The number of rotatable bonds is 7. The molecule has 0 amide bonds. The molecule has 0 aliphatic rings. The number of ether oxygens (including phenoxy) is 1. The van der Waals surface area contributed by atoms with Gasteiger partial charge < -0.3 is 4.74 Å². The topological polar surface area (TPSA) is 39.2 Å². The Balaban J connectivity index is 2.11. The molecule has 0 aromatic carbocycles. The van der Waals surface area contributed by atoms with Crippen molar-refractivity contribution >= 4 is 17.3 Å². The Kier molecular flexibility index (Phi) is 6.08. The van der Waals surface area contributed by atoms with E-state index in [-0.39, 0.29) is 5.97 Å². The Hall–Kier alpha value is -0.900. The highest BCUT2D eigenvalue weighted by Crippen LogP contribution is 2.12. The molecule has 1 aromatic heterocycles. The van der Waals surface area contributed by atoms with Gasteiger partial charge in [-0.05, 0) is 13.3 Å². The van der Waals surface area contributed by atoms with Crippen molar-refractivity contribution in [1.29, 1.82) is 0 Å². The molecule has 0 bridgehead atoms. The molecule has 0 radical (unpaired) electrons. The van der Waals surface area contributed by atoms with Crippen molar-refractivity contribution in [1.82, 2.24) is 4.98 Å². The zero-order chi connectivity index (χ0) is 11.8. The van der Waals surface area contributed by atoms with E-state index in [2.05, 4.69) is 11.9 Å². The molecule has 0 spiro atoms. The number of carbonyl (C=O) groups is 1. The summed E-state index contributed by atoms with van der Waals surface area (Å²) in [5.74, 6) is -0.0735. The van der Waals surface area contributed by atoms with Crippen LogP contribution in [0.25, 0.3) is 0 Å². The second kappa shape index (κ2) is 7.39. The van der Waals surface area contributed by atoms with Crippen molar-refractivity contribution in [2.24, 2.45) is 0 Å². The summed E-state index contributed by atoms with van der Waals surface area (Å²) in [4.78, 5) is 16.7. The number of aryl methyl sites for hydroxylation is 1. The number of thiazole rings is 1. The second-order valence-corrected chi connectivity index (χ2v) is 4.73.